The van der Waals surface area contributed by atoms with Crippen molar-refractivity contribution in [3.8, 4) is 0 Å². The normalized spacial score (nSPS) is 23.0. The summed E-state index contributed by atoms with van der Waals surface area (Å²) in [4.78, 5) is 15.8. The number of amides is 2. The van der Waals surface area contributed by atoms with Crippen molar-refractivity contribution in [2.45, 2.75) is 23.9 Å². The van der Waals surface area contributed by atoms with Gasteiger partial charge in [0.1, 0.15) is 0 Å². The largest absolute Gasteiger partial charge is 0.334 e. The molecule has 2 fully saturated rings. The highest BCUT2D eigenvalue weighted by atomic mass is 35.5. The standard InChI is InChI=1S/C16H23ClN4O3S/c1-19-9-11-20(12-10-19)16(22)18-15-3-2-8-21(15)25(23,24)14-6-4-13(17)5-7-14/h4-7,15H,2-3,8-12H2,1H3,(H,18,22)/p+1/t15-/m0/s1. The first-order valence-corrected chi connectivity index (χ1v) is 10.3. The molecule has 138 valence electrons. The Morgan fingerprint density at radius 1 is 1.20 bits per heavy atom. The molecule has 0 aromatic heterocycles. The minimum absolute atomic E-state index is 0.185. The lowest BCUT2D eigenvalue weighted by atomic mass is 10.3. The first-order chi connectivity index (χ1) is 11.9. The molecule has 0 bridgehead atoms. The number of hydrogen-bond acceptors (Lipinski definition) is 3. The number of nitrogens with one attached hydrogen (secondary N) is 2. The maximum absolute atomic E-state index is 12.9. The average Bonchev–Trinajstić information content (AvgIpc) is 3.05. The van der Waals surface area contributed by atoms with Gasteiger partial charge in [0.15, 0.2) is 0 Å². The van der Waals surface area contributed by atoms with Crippen LogP contribution in [0.1, 0.15) is 12.8 Å². The van der Waals surface area contributed by atoms with E-state index in [1.165, 1.54) is 21.3 Å². The SMILES string of the molecule is C[NH+]1CCN(C(=O)N[C@@H]2CCCN2S(=O)(=O)c2ccc(Cl)cc2)CC1. The predicted molar refractivity (Wildman–Crippen MR) is 95.1 cm³/mol. The summed E-state index contributed by atoms with van der Waals surface area (Å²) in [5, 5.41) is 3.39. The number of rotatable bonds is 3. The van der Waals surface area contributed by atoms with Gasteiger partial charge in [0.25, 0.3) is 0 Å². The molecule has 2 N–H and O–H groups in total. The molecule has 2 aliphatic heterocycles. The second kappa shape index (κ2) is 7.49. The number of piperazine rings is 1. The zero-order valence-electron chi connectivity index (χ0n) is 14.2. The summed E-state index contributed by atoms with van der Waals surface area (Å²) in [7, 11) is -1.55. The van der Waals surface area contributed by atoms with E-state index in [2.05, 4.69) is 12.4 Å². The molecular formula is C16H24ClN4O3S+. The fraction of sp³-hybridized carbons (Fsp3) is 0.562. The van der Waals surface area contributed by atoms with E-state index >= 15 is 0 Å². The van der Waals surface area contributed by atoms with Crippen molar-refractivity contribution in [2.75, 3.05) is 39.8 Å². The van der Waals surface area contributed by atoms with E-state index in [-0.39, 0.29) is 10.9 Å². The molecule has 25 heavy (non-hydrogen) atoms. The molecule has 9 heteroatoms. The highest BCUT2D eigenvalue weighted by Gasteiger charge is 2.37. The van der Waals surface area contributed by atoms with Gasteiger partial charge in [-0.05, 0) is 37.1 Å². The van der Waals surface area contributed by atoms with Crippen LogP contribution < -0.4 is 10.2 Å². The van der Waals surface area contributed by atoms with E-state index in [4.69, 9.17) is 11.6 Å². The Morgan fingerprint density at radius 3 is 2.48 bits per heavy atom. The maximum Gasteiger partial charge on any atom is 0.319 e. The van der Waals surface area contributed by atoms with E-state index in [0.29, 0.717) is 31.1 Å². The molecule has 2 heterocycles. The van der Waals surface area contributed by atoms with E-state index in [9.17, 15) is 13.2 Å². The van der Waals surface area contributed by atoms with Crippen LogP contribution in [0.2, 0.25) is 5.02 Å². The van der Waals surface area contributed by atoms with Crippen LogP contribution in [0.25, 0.3) is 0 Å². The number of hydrogen-bond donors (Lipinski definition) is 2. The molecule has 3 rings (SSSR count). The van der Waals surface area contributed by atoms with Gasteiger partial charge in [-0.1, -0.05) is 11.6 Å². The molecule has 0 aliphatic carbocycles. The van der Waals surface area contributed by atoms with Crippen molar-refractivity contribution in [1.82, 2.24) is 14.5 Å². The fourth-order valence-electron chi connectivity index (χ4n) is 3.24. The van der Waals surface area contributed by atoms with Crippen molar-refractivity contribution >= 4 is 27.7 Å². The molecule has 2 amide bonds. The molecule has 1 aromatic carbocycles. The second-order valence-electron chi connectivity index (χ2n) is 6.62. The Bertz CT molecular complexity index is 717. The van der Waals surface area contributed by atoms with E-state index < -0.39 is 16.2 Å². The number of sulfonamides is 1. The first kappa shape index (κ1) is 18.4. The van der Waals surface area contributed by atoms with Crippen LogP contribution in [0.4, 0.5) is 4.79 Å². The summed E-state index contributed by atoms with van der Waals surface area (Å²) in [5.41, 5.74) is 0. The third-order valence-corrected chi connectivity index (χ3v) is 6.99. The third kappa shape index (κ3) is 4.08. The predicted octanol–water partition coefficient (Wildman–Crippen LogP) is -0.00950. The van der Waals surface area contributed by atoms with Crippen LogP contribution in [-0.4, -0.2) is 69.6 Å². The Hall–Kier alpha value is -1.35. The molecule has 2 aliphatic rings. The number of quaternary nitrogens is 1. The molecule has 0 saturated carbocycles. The number of likely N-dealkylation sites (N-methyl/N-ethyl adjacent to an activating group) is 1. The molecule has 0 spiro atoms. The van der Waals surface area contributed by atoms with Gasteiger partial charge in [-0.2, -0.15) is 4.31 Å². The minimum atomic E-state index is -3.65. The summed E-state index contributed by atoms with van der Waals surface area (Å²) >= 11 is 5.84. The van der Waals surface area contributed by atoms with Crippen LogP contribution >= 0.6 is 11.6 Å². The summed E-state index contributed by atoms with van der Waals surface area (Å²) in [6, 6.07) is 5.93. The smallest absolute Gasteiger partial charge is 0.319 e. The van der Waals surface area contributed by atoms with Crippen molar-refractivity contribution < 1.29 is 18.1 Å². The monoisotopic (exact) mass is 387 g/mol. The Kier molecular flexibility index (Phi) is 5.52. The molecule has 7 nitrogen and oxygen atoms in total. The molecule has 1 atom stereocenters. The highest BCUT2D eigenvalue weighted by molar-refractivity contribution is 7.89. The molecule has 2 saturated heterocycles. The van der Waals surface area contributed by atoms with Gasteiger partial charge in [-0.15, -0.1) is 0 Å². The average molecular weight is 388 g/mol. The van der Waals surface area contributed by atoms with Gasteiger partial charge in [0.2, 0.25) is 10.0 Å². The van der Waals surface area contributed by atoms with Gasteiger partial charge in [-0.3, -0.25) is 0 Å². The van der Waals surface area contributed by atoms with Crippen LogP contribution in [0.5, 0.6) is 0 Å². The van der Waals surface area contributed by atoms with Crippen molar-refractivity contribution in [2.24, 2.45) is 0 Å². The van der Waals surface area contributed by atoms with Crippen LogP contribution in [-0.2, 0) is 10.0 Å². The number of nitrogens with zero attached hydrogens (tertiary/aromatic N) is 2. The van der Waals surface area contributed by atoms with Crippen molar-refractivity contribution in [3.05, 3.63) is 29.3 Å². The first-order valence-electron chi connectivity index (χ1n) is 8.52. The Morgan fingerprint density at radius 2 is 1.84 bits per heavy atom. The van der Waals surface area contributed by atoms with Gasteiger partial charge in [0.05, 0.1) is 44.3 Å². The summed E-state index contributed by atoms with van der Waals surface area (Å²) in [5.74, 6) is 0. The van der Waals surface area contributed by atoms with Gasteiger partial charge < -0.3 is 15.1 Å². The van der Waals surface area contributed by atoms with Crippen molar-refractivity contribution in [3.63, 3.8) is 0 Å². The van der Waals surface area contributed by atoms with Crippen LogP contribution in [0, 0.1) is 0 Å². The third-order valence-electron chi connectivity index (χ3n) is 4.82. The lowest BCUT2D eigenvalue weighted by Gasteiger charge is -2.32. The number of halogens is 1. The van der Waals surface area contributed by atoms with Gasteiger partial charge in [-0.25, -0.2) is 13.2 Å². The second-order valence-corrected chi connectivity index (χ2v) is 8.95. The van der Waals surface area contributed by atoms with Gasteiger partial charge >= 0.3 is 6.03 Å². The molecule has 0 unspecified atom stereocenters. The molecule has 1 aromatic rings. The molecular weight excluding hydrogens is 364 g/mol. The van der Waals surface area contributed by atoms with Crippen molar-refractivity contribution in [1.29, 1.82) is 0 Å². The van der Waals surface area contributed by atoms with Gasteiger partial charge in [0, 0.05) is 11.6 Å². The van der Waals surface area contributed by atoms with Crippen LogP contribution in [0.15, 0.2) is 29.2 Å². The quantitative estimate of drug-likeness (QED) is 0.766. The fourth-order valence-corrected chi connectivity index (χ4v) is 4.98. The topological polar surface area (TPSA) is 74.2 Å². The zero-order valence-corrected chi connectivity index (χ0v) is 15.8. The van der Waals surface area contributed by atoms with Crippen LogP contribution in [0.3, 0.4) is 0 Å². The van der Waals surface area contributed by atoms with E-state index in [1.807, 2.05) is 0 Å². The summed E-state index contributed by atoms with van der Waals surface area (Å²) in [6.07, 6.45) is 0.850. The number of carbonyl (C=O) groups is 1. The Balaban J connectivity index is 1.69. The lowest BCUT2D eigenvalue weighted by molar-refractivity contribution is -0.883. The lowest BCUT2D eigenvalue weighted by Crippen LogP contribution is -3.12. The number of urea groups is 1. The summed E-state index contributed by atoms with van der Waals surface area (Å²) < 4.78 is 27.1. The Labute approximate surface area is 153 Å². The number of carbonyl (C=O) groups excluding carboxylic acids is 1. The summed E-state index contributed by atoms with van der Waals surface area (Å²) in [6.45, 7) is 3.60. The minimum Gasteiger partial charge on any atom is -0.334 e. The zero-order chi connectivity index (χ0) is 18.0. The van der Waals surface area contributed by atoms with E-state index in [1.54, 1.807) is 17.0 Å². The molecule has 0 radical (unpaired) electrons. The highest BCUT2D eigenvalue weighted by Crippen LogP contribution is 2.25. The van der Waals surface area contributed by atoms with E-state index in [0.717, 1.165) is 19.5 Å². The number of benzene rings is 1. The maximum atomic E-state index is 12.9.